The number of aryl methyl sites for hydroxylation is 1. The molecule has 0 spiro atoms. The maximum atomic E-state index is 13.0. The van der Waals surface area contributed by atoms with Crippen molar-refractivity contribution in [1.29, 1.82) is 0 Å². The molecule has 3 heterocycles. The molecule has 0 bridgehead atoms. The predicted molar refractivity (Wildman–Crippen MR) is 82.0 cm³/mol. The van der Waals surface area contributed by atoms with Gasteiger partial charge in [-0.25, -0.2) is 19.3 Å². The molecule has 3 aromatic heterocycles. The van der Waals surface area contributed by atoms with Gasteiger partial charge in [-0.05, 0) is 31.4 Å². The quantitative estimate of drug-likeness (QED) is 0.741. The van der Waals surface area contributed by atoms with Gasteiger partial charge in [-0.1, -0.05) is 11.6 Å². The first-order valence-corrected chi connectivity index (χ1v) is 7.76. The summed E-state index contributed by atoms with van der Waals surface area (Å²) in [5, 5.41) is 13.7. The molecule has 25 heavy (non-hydrogen) atoms. The molecule has 1 aliphatic rings. The third-order valence-corrected chi connectivity index (χ3v) is 4.52. The number of hydrogen-bond acceptors (Lipinski definition) is 4. The standard InChI is InChI=1S/C15H10ClF3N4O2/c1-5-4-7(15(17,18)19)20-12-8(5)13-21-10(6-2-3-6)9(16)11(14(24)25)23(13)22-12/h4,6H,2-3H2,1H3,(H,24,25). The van der Waals surface area contributed by atoms with Crippen molar-refractivity contribution in [2.24, 2.45) is 0 Å². The normalized spacial score (nSPS) is 15.2. The van der Waals surface area contributed by atoms with Crippen molar-refractivity contribution in [3.8, 4) is 0 Å². The second kappa shape index (κ2) is 5.04. The number of aromatic nitrogens is 4. The zero-order valence-electron chi connectivity index (χ0n) is 12.7. The number of pyridine rings is 1. The van der Waals surface area contributed by atoms with E-state index in [0.29, 0.717) is 5.69 Å². The van der Waals surface area contributed by atoms with Gasteiger partial charge in [0, 0.05) is 5.92 Å². The number of carboxylic acid groups (broad SMARTS) is 1. The monoisotopic (exact) mass is 370 g/mol. The highest BCUT2D eigenvalue weighted by Gasteiger charge is 2.35. The minimum absolute atomic E-state index is 0.0380. The Kier molecular flexibility index (Phi) is 3.24. The first-order valence-electron chi connectivity index (χ1n) is 7.38. The van der Waals surface area contributed by atoms with Crippen LogP contribution in [0.4, 0.5) is 13.2 Å². The van der Waals surface area contributed by atoms with Gasteiger partial charge in [-0.15, -0.1) is 5.10 Å². The second-order valence-electron chi connectivity index (χ2n) is 6.00. The summed E-state index contributed by atoms with van der Waals surface area (Å²) in [4.78, 5) is 19.6. The van der Waals surface area contributed by atoms with Crippen molar-refractivity contribution in [3.63, 3.8) is 0 Å². The highest BCUT2D eigenvalue weighted by molar-refractivity contribution is 6.34. The lowest BCUT2D eigenvalue weighted by molar-refractivity contribution is -0.141. The van der Waals surface area contributed by atoms with E-state index in [1.165, 1.54) is 6.92 Å². The van der Waals surface area contributed by atoms with E-state index in [4.69, 9.17) is 11.6 Å². The van der Waals surface area contributed by atoms with Crippen LogP contribution in [0.2, 0.25) is 5.02 Å². The number of carbonyl (C=O) groups is 1. The van der Waals surface area contributed by atoms with Crippen LogP contribution in [0.15, 0.2) is 6.07 Å². The number of nitrogens with zero attached hydrogens (tertiary/aromatic N) is 4. The lowest BCUT2D eigenvalue weighted by Gasteiger charge is -2.08. The lowest BCUT2D eigenvalue weighted by Crippen LogP contribution is -2.11. The summed E-state index contributed by atoms with van der Waals surface area (Å²) in [6, 6.07) is 0.900. The van der Waals surface area contributed by atoms with Crippen LogP contribution in [-0.2, 0) is 6.18 Å². The Balaban J connectivity index is 2.13. The molecule has 6 nitrogen and oxygen atoms in total. The van der Waals surface area contributed by atoms with Crippen molar-refractivity contribution < 1.29 is 23.1 Å². The minimum Gasteiger partial charge on any atom is -0.476 e. The van der Waals surface area contributed by atoms with Crippen molar-refractivity contribution in [2.75, 3.05) is 0 Å². The molecular weight excluding hydrogens is 361 g/mol. The number of hydrogen-bond donors (Lipinski definition) is 1. The van der Waals surface area contributed by atoms with Crippen LogP contribution in [-0.4, -0.2) is 30.7 Å². The first-order chi connectivity index (χ1) is 11.7. The Hall–Kier alpha value is -2.42. The molecule has 1 aliphatic carbocycles. The van der Waals surface area contributed by atoms with E-state index in [-0.39, 0.29) is 38.9 Å². The summed E-state index contributed by atoms with van der Waals surface area (Å²) in [6.45, 7) is 1.48. The van der Waals surface area contributed by atoms with E-state index >= 15 is 0 Å². The fourth-order valence-electron chi connectivity index (χ4n) is 2.85. The van der Waals surface area contributed by atoms with Crippen molar-refractivity contribution in [3.05, 3.63) is 33.7 Å². The number of aromatic carboxylic acids is 1. The maximum absolute atomic E-state index is 13.0. The number of alkyl halides is 3. The van der Waals surface area contributed by atoms with E-state index in [9.17, 15) is 23.1 Å². The molecule has 130 valence electrons. The fourth-order valence-corrected chi connectivity index (χ4v) is 3.20. The summed E-state index contributed by atoms with van der Waals surface area (Å²) >= 11 is 6.18. The smallest absolute Gasteiger partial charge is 0.433 e. The van der Waals surface area contributed by atoms with E-state index in [1.54, 1.807) is 0 Å². The molecular formula is C15H10ClF3N4O2. The zero-order chi connectivity index (χ0) is 18.1. The van der Waals surface area contributed by atoms with Gasteiger partial charge in [-0.2, -0.15) is 13.2 Å². The van der Waals surface area contributed by atoms with Crippen LogP contribution < -0.4 is 0 Å². The largest absolute Gasteiger partial charge is 0.476 e. The Morgan fingerprint density at radius 3 is 2.60 bits per heavy atom. The van der Waals surface area contributed by atoms with E-state index in [1.807, 2.05) is 0 Å². The van der Waals surface area contributed by atoms with Gasteiger partial charge in [-0.3, -0.25) is 0 Å². The molecule has 0 amide bonds. The average Bonchev–Trinajstić information content (AvgIpc) is 3.26. The minimum atomic E-state index is -4.63. The molecule has 1 fully saturated rings. The number of rotatable bonds is 2. The SMILES string of the molecule is Cc1cc(C(F)(F)F)nc2nn3c(C(=O)O)c(Cl)c(C4CC4)nc3c12. The molecule has 3 aromatic rings. The molecule has 10 heteroatoms. The number of carboxylic acids is 1. The third-order valence-electron chi connectivity index (χ3n) is 4.14. The fraction of sp³-hybridized carbons (Fsp3) is 0.333. The van der Waals surface area contributed by atoms with Gasteiger partial charge in [0.25, 0.3) is 0 Å². The van der Waals surface area contributed by atoms with Crippen molar-refractivity contribution >= 4 is 34.3 Å². The van der Waals surface area contributed by atoms with Gasteiger partial charge in [0.15, 0.2) is 17.0 Å². The van der Waals surface area contributed by atoms with E-state index in [0.717, 1.165) is 23.4 Å². The second-order valence-corrected chi connectivity index (χ2v) is 6.37. The van der Waals surface area contributed by atoms with Crippen molar-refractivity contribution in [1.82, 2.24) is 19.6 Å². The molecule has 1 saturated carbocycles. The average molecular weight is 371 g/mol. The summed E-state index contributed by atoms with van der Waals surface area (Å²) in [5.74, 6) is -1.27. The van der Waals surface area contributed by atoms with Gasteiger partial charge >= 0.3 is 12.1 Å². The van der Waals surface area contributed by atoms with Gasteiger partial charge < -0.3 is 5.11 Å². The van der Waals surface area contributed by atoms with Crippen LogP contribution in [0.3, 0.4) is 0 Å². The van der Waals surface area contributed by atoms with E-state index in [2.05, 4.69) is 15.1 Å². The maximum Gasteiger partial charge on any atom is 0.433 e. The molecule has 0 radical (unpaired) electrons. The number of halogens is 4. The molecule has 0 saturated heterocycles. The summed E-state index contributed by atoms with van der Waals surface area (Å²) in [7, 11) is 0. The molecule has 0 unspecified atom stereocenters. The van der Waals surface area contributed by atoms with Crippen LogP contribution >= 0.6 is 11.6 Å². The molecule has 0 atom stereocenters. The molecule has 0 aliphatic heterocycles. The summed E-state index contributed by atoms with van der Waals surface area (Å²) in [6.07, 6.45) is -2.96. The van der Waals surface area contributed by atoms with Gasteiger partial charge in [0.2, 0.25) is 0 Å². The Labute approximate surface area is 143 Å². The Morgan fingerprint density at radius 1 is 1.36 bits per heavy atom. The van der Waals surface area contributed by atoms with E-state index < -0.39 is 17.8 Å². The highest BCUT2D eigenvalue weighted by Crippen LogP contribution is 2.44. The van der Waals surface area contributed by atoms with Crippen molar-refractivity contribution in [2.45, 2.75) is 31.9 Å². The van der Waals surface area contributed by atoms with Crippen LogP contribution in [0.1, 0.15) is 46.2 Å². The molecule has 1 N–H and O–H groups in total. The predicted octanol–water partition coefficient (Wildman–Crippen LogP) is 3.83. The van der Waals surface area contributed by atoms with Crippen LogP contribution in [0, 0.1) is 6.92 Å². The van der Waals surface area contributed by atoms with Crippen LogP contribution in [0.5, 0.6) is 0 Å². The number of fused-ring (bicyclic) bond motifs is 3. The molecule has 0 aromatic carbocycles. The first kappa shape index (κ1) is 16.1. The summed E-state index contributed by atoms with van der Waals surface area (Å²) in [5.41, 5.74) is -0.775. The van der Waals surface area contributed by atoms with Gasteiger partial charge in [0.1, 0.15) is 5.69 Å². The zero-order valence-corrected chi connectivity index (χ0v) is 13.5. The van der Waals surface area contributed by atoms with Crippen LogP contribution in [0.25, 0.3) is 16.7 Å². The molecule has 4 rings (SSSR count). The Morgan fingerprint density at radius 2 is 2.04 bits per heavy atom. The van der Waals surface area contributed by atoms with Gasteiger partial charge in [0.05, 0.1) is 16.1 Å². The summed E-state index contributed by atoms with van der Waals surface area (Å²) < 4.78 is 39.9. The third kappa shape index (κ3) is 2.41. The lowest BCUT2D eigenvalue weighted by atomic mass is 10.1. The topological polar surface area (TPSA) is 80.4 Å². The Bertz CT molecular complexity index is 1060. The highest BCUT2D eigenvalue weighted by atomic mass is 35.5.